The number of rotatable bonds is 3. The number of amides is 3. The van der Waals surface area contributed by atoms with Gasteiger partial charge in [-0.15, -0.1) is 0 Å². The highest BCUT2D eigenvalue weighted by Crippen LogP contribution is 2.50. The van der Waals surface area contributed by atoms with Gasteiger partial charge in [0.2, 0.25) is 0 Å². The number of hydrogen-bond acceptors (Lipinski definition) is 2. The quantitative estimate of drug-likeness (QED) is 0.682. The molecule has 3 amide bonds. The molecule has 1 fully saturated rings. The normalized spacial score (nSPS) is 21.3. The predicted octanol–water partition coefficient (Wildman–Crippen LogP) is 4.36. The summed E-state index contributed by atoms with van der Waals surface area (Å²) in [7, 11) is 0. The fraction of sp³-hybridized carbons (Fsp3) is 0.478. The average Bonchev–Trinajstić information content (AvgIpc) is 3.46. The Morgan fingerprint density at radius 3 is 2.28 bits per heavy atom. The van der Waals surface area contributed by atoms with Crippen LogP contribution in [0.4, 0.5) is 18.0 Å². The summed E-state index contributed by atoms with van der Waals surface area (Å²) in [5, 5.41) is 0. The van der Waals surface area contributed by atoms with Crippen LogP contribution in [-0.2, 0) is 19.3 Å². The molecule has 0 radical (unpaired) electrons. The summed E-state index contributed by atoms with van der Waals surface area (Å²) in [4.78, 5) is 25.3. The summed E-state index contributed by atoms with van der Waals surface area (Å²) in [6.07, 6.45) is -2.72. The maximum Gasteiger partial charge on any atom is 0.416 e. The molecular weight excluding hydrogens is 421 g/mol. The lowest BCUT2D eigenvalue weighted by Gasteiger charge is -2.47. The van der Waals surface area contributed by atoms with Gasteiger partial charge in [-0.05, 0) is 57.2 Å². The fourth-order valence-electron chi connectivity index (χ4n) is 4.99. The second kappa shape index (κ2) is 7.10. The van der Waals surface area contributed by atoms with E-state index in [2.05, 4.69) is 0 Å². The number of urea groups is 1. The Labute approximate surface area is 184 Å². The van der Waals surface area contributed by atoms with E-state index in [9.17, 15) is 22.8 Å². The first kappa shape index (κ1) is 22.4. The number of aromatic nitrogens is 1. The summed E-state index contributed by atoms with van der Waals surface area (Å²) < 4.78 is 42.2. The molecule has 6 nitrogen and oxygen atoms in total. The van der Waals surface area contributed by atoms with Gasteiger partial charge in [-0.2, -0.15) is 13.2 Å². The average molecular weight is 449 g/mol. The zero-order valence-electron chi connectivity index (χ0n) is 18.4. The van der Waals surface area contributed by atoms with Gasteiger partial charge in [-0.1, -0.05) is 12.1 Å². The van der Waals surface area contributed by atoms with E-state index in [-0.39, 0.29) is 22.5 Å². The van der Waals surface area contributed by atoms with Crippen molar-refractivity contribution in [1.29, 1.82) is 0 Å². The van der Waals surface area contributed by atoms with Crippen molar-refractivity contribution < 1.29 is 27.2 Å². The number of nitrogens with zero attached hydrogens (tertiary/aromatic N) is 2. The molecule has 4 rings (SSSR count). The van der Waals surface area contributed by atoms with Crippen molar-refractivity contribution in [2.45, 2.75) is 64.3 Å². The number of alkyl halides is 3. The summed E-state index contributed by atoms with van der Waals surface area (Å²) in [5.74, 6) is -0.568. The first-order valence-corrected chi connectivity index (χ1v) is 10.7. The van der Waals surface area contributed by atoms with E-state index in [1.54, 1.807) is 6.07 Å². The third-order valence-electron chi connectivity index (χ3n) is 6.93. The van der Waals surface area contributed by atoms with E-state index in [0.29, 0.717) is 29.9 Å². The molecule has 9 heteroatoms. The summed E-state index contributed by atoms with van der Waals surface area (Å²) in [6.45, 7) is 6.76. The molecule has 2 aliphatic rings. The molecule has 1 aromatic heterocycles. The van der Waals surface area contributed by atoms with Gasteiger partial charge in [-0.3, -0.25) is 4.79 Å². The molecule has 1 atom stereocenters. The predicted molar refractivity (Wildman–Crippen MR) is 114 cm³/mol. The maximum atomic E-state index is 13.4. The first-order chi connectivity index (χ1) is 14.8. The second-order valence-corrected chi connectivity index (χ2v) is 9.81. The van der Waals surface area contributed by atoms with Crippen molar-refractivity contribution in [2.24, 2.45) is 11.5 Å². The van der Waals surface area contributed by atoms with E-state index in [4.69, 9.17) is 11.5 Å². The Kier molecular flexibility index (Phi) is 4.96. The topological polar surface area (TPSA) is 91.1 Å². The molecule has 4 N–H and O–H groups in total. The zero-order chi connectivity index (χ0) is 23.6. The summed E-state index contributed by atoms with van der Waals surface area (Å²) in [5.41, 5.74) is 12.7. The highest BCUT2D eigenvalue weighted by Gasteiger charge is 2.51. The largest absolute Gasteiger partial charge is 0.416 e. The Bertz CT molecular complexity index is 1110. The van der Waals surface area contributed by atoms with Gasteiger partial charge >= 0.3 is 12.2 Å². The second-order valence-electron chi connectivity index (χ2n) is 9.81. The van der Waals surface area contributed by atoms with Gasteiger partial charge in [0.15, 0.2) is 0 Å². The first-order valence-electron chi connectivity index (χ1n) is 10.7. The monoisotopic (exact) mass is 449 g/mol. The highest BCUT2D eigenvalue weighted by atomic mass is 19.4. The number of carbonyl (C=O) groups is 2. The van der Waals surface area contributed by atoms with Crippen LogP contribution in [0, 0.1) is 0 Å². The minimum Gasteiger partial charge on any atom is -0.366 e. The van der Waals surface area contributed by atoms with Crippen LogP contribution in [-0.4, -0.2) is 33.1 Å². The van der Waals surface area contributed by atoms with E-state index in [1.165, 1.54) is 6.07 Å². The molecule has 2 aromatic rings. The van der Waals surface area contributed by atoms with Crippen LogP contribution in [0.5, 0.6) is 0 Å². The zero-order valence-corrected chi connectivity index (χ0v) is 18.4. The molecule has 32 heavy (non-hydrogen) atoms. The molecule has 1 aromatic carbocycles. The van der Waals surface area contributed by atoms with Crippen LogP contribution in [0.2, 0.25) is 0 Å². The standard InChI is InChI=1S/C23H27F3N4O2/c1-22(2,3)30(21(28)32)10-9-29-16(12-30)18(20(27)31)17(19(29)13-7-8-13)14-5-4-6-15(11-14)23(24,25)26/h4-6,11,13H,7-10,12H2,1-3H3,(H3-,27,28,31,32)/p+1. The lowest BCUT2D eigenvalue weighted by Crippen LogP contribution is -2.67. The number of primary amides is 2. The molecular formula is C23H28F3N4O2+. The van der Waals surface area contributed by atoms with Crippen molar-refractivity contribution in [1.82, 2.24) is 4.57 Å². The van der Waals surface area contributed by atoms with E-state index >= 15 is 0 Å². The smallest absolute Gasteiger partial charge is 0.366 e. The fourth-order valence-corrected chi connectivity index (χ4v) is 4.99. The van der Waals surface area contributed by atoms with Crippen molar-refractivity contribution in [3.05, 3.63) is 46.8 Å². The molecule has 2 heterocycles. The number of benzene rings is 1. The van der Waals surface area contributed by atoms with Gasteiger partial charge in [0.25, 0.3) is 5.91 Å². The van der Waals surface area contributed by atoms with E-state index in [1.807, 2.05) is 25.3 Å². The SMILES string of the molecule is CC(C)(C)[N+]1(C(N)=O)CCn2c(c(C(N)=O)c(-c3cccc(C(F)(F)F)c3)c2C2CC2)C1. The van der Waals surface area contributed by atoms with Crippen LogP contribution >= 0.6 is 0 Å². The number of carbonyl (C=O) groups excluding carboxylic acids is 2. The Hall–Kier alpha value is -2.81. The van der Waals surface area contributed by atoms with E-state index < -0.39 is 29.2 Å². The van der Waals surface area contributed by atoms with Gasteiger partial charge < -0.3 is 16.0 Å². The maximum absolute atomic E-state index is 13.4. The lowest BCUT2D eigenvalue weighted by molar-refractivity contribution is -0.913. The van der Waals surface area contributed by atoms with Gasteiger partial charge in [-0.25, -0.2) is 9.28 Å². The number of nitrogens with two attached hydrogens (primary N) is 2. The molecule has 1 aliphatic heterocycles. The van der Waals surface area contributed by atoms with Crippen molar-refractivity contribution in [3.8, 4) is 11.1 Å². The van der Waals surface area contributed by atoms with Crippen molar-refractivity contribution in [3.63, 3.8) is 0 Å². The molecule has 0 saturated heterocycles. The third kappa shape index (κ3) is 3.39. The number of quaternary nitrogens is 1. The molecule has 172 valence electrons. The molecule has 0 bridgehead atoms. The van der Waals surface area contributed by atoms with Crippen LogP contribution in [0.25, 0.3) is 11.1 Å². The van der Waals surface area contributed by atoms with E-state index in [0.717, 1.165) is 30.7 Å². The number of fused-ring (bicyclic) bond motifs is 1. The van der Waals surface area contributed by atoms with Crippen LogP contribution in [0.15, 0.2) is 24.3 Å². The van der Waals surface area contributed by atoms with Gasteiger partial charge in [0.1, 0.15) is 13.1 Å². The minimum atomic E-state index is -4.51. The lowest BCUT2D eigenvalue weighted by atomic mass is 9.95. The molecule has 1 saturated carbocycles. The Morgan fingerprint density at radius 1 is 1.12 bits per heavy atom. The van der Waals surface area contributed by atoms with Crippen molar-refractivity contribution in [2.75, 3.05) is 6.54 Å². The van der Waals surface area contributed by atoms with Crippen LogP contribution in [0.1, 0.15) is 66.8 Å². The summed E-state index contributed by atoms with van der Waals surface area (Å²) in [6, 6.07) is 4.49. The summed E-state index contributed by atoms with van der Waals surface area (Å²) >= 11 is 0. The molecule has 1 aliphatic carbocycles. The van der Waals surface area contributed by atoms with Crippen molar-refractivity contribution >= 4 is 11.9 Å². The number of hydrogen-bond donors (Lipinski definition) is 2. The third-order valence-corrected chi connectivity index (χ3v) is 6.93. The number of halogens is 3. The minimum absolute atomic E-state index is 0.0660. The molecule has 0 spiro atoms. The van der Waals surface area contributed by atoms with Gasteiger partial charge in [0, 0.05) is 11.3 Å². The van der Waals surface area contributed by atoms with Crippen LogP contribution in [0.3, 0.4) is 0 Å². The molecule has 1 unspecified atom stereocenters. The highest BCUT2D eigenvalue weighted by molar-refractivity contribution is 6.02. The Morgan fingerprint density at radius 2 is 1.78 bits per heavy atom. The Balaban J connectivity index is 1.99. The van der Waals surface area contributed by atoms with Crippen LogP contribution < -0.4 is 11.5 Å². The van der Waals surface area contributed by atoms with Gasteiger partial charge in [0.05, 0.1) is 28.9 Å².